The van der Waals surface area contributed by atoms with Crippen LogP contribution in [0.3, 0.4) is 0 Å². The number of ether oxygens (including phenoxy) is 1. The molecule has 0 saturated carbocycles. The standard InChI is InChI=1S/C14H15ClFN3O/c1-2-7-20-14-11(17)4-6-13(19-14)18-12-5-3-9(16)8-10(12)15/h3-6,8H,2,7,17H2,1H3,(H,18,19). The molecule has 0 unspecified atom stereocenters. The van der Waals surface area contributed by atoms with Crippen molar-refractivity contribution in [1.29, 1.82) is 0 Å². The van der Waals surface area contributed by atoms with Gasteiger partial charge in [0.25, 0.3) is 0 Å². The van der Waals surface area contributed by atoms with Crippen LogP contribution in [0, 0.1) is 5.82 Å². The molecule has 0 atom stereocenters. The van der Waals surface area contributed by atoms with Crippen LogP contribution in [-0.4, -0.2) is 11.6 Å². The lowest BCUT2D eigenvalue weighted by atomic mass is 10.3. The monoisotopic (exact) mass is 295 g/mol. The molecule has 0 aliphatic heterocycles. The Morgan fingerprint density at radius 3 is 2.85 bits per heavy atom. The number of pyridine rings is 1. The van der Waals surface area contributed by atoms with Gasteiger partial charge in [0.15, 0.2) is 0 Å². The predicted octanol–water partition coefficient (Wildman–Crippen LogP) is 3.99. The summed E-state index contributed by atoms with van der Waals surface area (Å²) in [5, 5.41) is 3.28. The van der Waals surface area contributed by atoms with Gasteiger partial charge in [-0.25, -0.2) is 4.39 Å². The second-order valence-corrected chi connectivity index (χ2v) is 4.60. The first-order valence-corrected chi connectivity index (χ1v) is 6.59. The van der Waals surface area contributed by atoms with Crippen LogP contribution >= 0.6 is 11.6 Å². The molecule has 4 nitrogen and oxygen atoms in total. The molecule has 0 bridgehead atoms. The van der Waals surface area contributed by atoms with E-state index in [9.17, 15) is 4.39 Å². The van der Waals surface area contributed by atoms with Crippen molar-refractivity contribution in [2.45, 2.75) is 13.3 Å². The van der Waals surface area contributed by atoms with Crippen molar-refractivity contribution in [2.75, 3.05) is 17.7 Å². The van der Waals surface area contributed by atoms with Crippen molar-refractivity contribution >= 4 is 28.8 Å². The van der Waals surface area contributed by atoms with Gasteiger partial charge in [-0.3, -0.25) is 0 Å². The summed E-state index contributed by atoms with van der Waals surface area (Å²) in [6.07, 6.45) is 0.864. The molecule has 1 heterocycles. The van der Waals surface area contributed by atoms with Crippen LogP contribution in [0.1, 0.15) is 13.3 Å². The van der Waals surface area contributed by atoms with Gasteiger partial charge in [0, 0.05) is 0 Å². The fourth-order valence-electron chi connectivity index (χ4n) is 1.56. The Morgan fingerprint density at radius 1 is 1.35 bits per heavy atom. The third kappa shape index (κ3) is 3.51. The van der Waals surface area contributed by atoms with E-state index in [2.05, 4.69) is 10.3 Å². The number of nitrogens with two attached hydrogens (primary N) is 1. The van der Waals surface area contributed by atoms with Gasteiger partial charge in [-0.2, -0.15) is 4.98 Å². The van der Waals surface area contributed by atoms with E-state index in [-0.39, 0.29) is 5.02 Å². The lowest BCUT2D eigenvalue weighted by Gasteiger charge is -2.11. The summed E-state index contributed by atoms with van der Waals surface area (Å²) in [6.45, 7) is 2.54. The number of anilines is 3. The largest absolute Gasteiger partial charge is 0.476 e. The van der Waals surface area contributed by atoms with Crippen LogP contribution in [0.4, 0.5) is 21.6 Å². The van der Waals surface area contributed by atoms with Crippen LogP contribution < -0.4 is 15.8 Å². The molecule has 3 N–H and O–H groups in total. The van der Waals surface area contributed by atoms with E-state index in [0.717, 1.165) is 6.42 Å². The maximum atomic E-state index is 13.0. The smallest absolute Gasteiger partial charge is 0.239 e. The number of nitrogens with zero attached hydrogens (tertiary/aromatic N) is 1. The molecule has 1 aromatic heterocycles. The normalized spacial score (nSPS) is 10.3. The first kappa shape index (κ1) is 14.4. The van der Waals surface area contributed by atoms with E-state index in [1.807, 2.05) is 6.92 Å². The third-order valence-corrected chi connectivity index (χ3v) is 2.84. The van der Waals surface area contributed by atoms with Crippen LogP contribution in [0.2, 0.25) is 5.02 Å². The minimum absolute atomic E-state index is 0.277. The van der Waals surface area contributed by atoms with Crippen molar-refractivity contribution in [3.8, 4) is 5.88 Å². The zero-order valence-corrected chi connectivity index (χ0v) is 11.7. The number of hydrogen-bond acceptors (Lipinski definition) is 4. The second-order valence-electron chi connectivity index (χ2n) is 4.19. The highest BCUT2D eigenvalue weighted by Crippen LogP contribution is 2.27. The maximum Gasteiger partial charge on any atom is 0.239 e. The van der Waals surface area contributed by atoms with Crippen molar-refractivity contribution in [3.63, 3.8) is 0 Å². The summed E-state index contributed by atoms with van der Waals surface area (Å²) in [5.74, 6) is 0.506. The molecule has 0 aliphatic rings. The van der Waals surface area contributed by atoms with Gasteiger partial charge in [0.2, 0.25) is 5.88 Å². The van der Waals surface area contributed by atoms with Gasteiger partial charge in [0.1, 0.15) is 11.6 Å². The average molecular weight is 296 g/mol. The van der Waals surface area contributed by atoms with Crippen molar-refractivity contribution in [2.24, 2.45) is 0 Å². The Kier molecular flexibility index (Phi) is 4.63. The van der Waals surface area contributed by atoms with E-state index in [0.29, 0.717) is 29.7 Å². The zero-order chi connectivity index (χ0) is 14.5. The van der Waals surface area contributed by atoms with Gasteiger partial charge < -0.3 is 15.8 Å². The number of aromatic nitrogens is 1. The number of hydrogen-bond donors (Lipinski definition) is 2. The molecule has 0 radical (unpaired) electrons. The molecule has 0 spiro atoms. The van der Waals surface area contributed by atoms with Gasteiger partial charge in [-0.05, 0) is 36.8 Å². The molecular formula is C14H15ClFN3O. The summed E-state index contributed by atoms with van der Waals surface area (Å²) in [6, 6.07) is 7.49. The number of halogens is 2. The number of nitrogen functional groups attached to an aromatic ring is 1. The molecule has 2 aromatic rings. The lowest BCUT2D eigenvalue weighted by Crippen LogP contribution is -2.03. The topological polar surface area (TPSA) is 60.2 Å². The molecule has 2 rings (SSSR count). The fourth-order valence-corrected chi connectivity index (χ4v) is 1.78. The highest BCUT2D eigenvalue weighted by molar-refractivity contribution is 6.33. The first-order chi connectivity index (χ1) is 9.60. The maximum absolute atomic E-state index is 13.0. The molecular weight excluding hydrogens is 281 g/mol. The average Bonchev–Trinajstić information content (AvgIpc) is 2.42. The Hall–Kier alpha value is -2.01. The second kappa shape index (κ2) is 6.43. The van der Waals surface area contributed by atoms with Crippen molar-refractivity contribution in [3.05, 3.63) is 41.2 Å². The molecule has 0 aliphatic carbocycles. The Balaban J connectivity index is 2.20. The Bertz CT molecular complexity index is 607. The zero-order valence-electron chi connectivity index (χ0n) is 11.0. The van der Waals surface area contributed by atoms with Gasteiger partial charge >= 0.3 is 0 Å². The number of benzene rings is 1. The fraction of sp³-hybridized carbons (Fsp3) is 0.214. The molecule has 0 saturated heterocycles. The third-order valence-electron chi connectivity index (χ3n) is 2.53. The molecule has 0 amide bonds. The van der Waals surface area contributed by atoms with E-state index < -0.39 is 5.82 Å². The van der Waals surface area contributed by atoms with E-state index in [1.165, 1.54) is 12.1 Å². The SMILES string of the molecule is CCCOc1nc(Nc2ccc(F)cc2Cl)ccc1N. The predicted molar refractivity (Wildman–Crippen MR) is 79.1 cm³/mol. The van der Waals surface area contributed by atoms with Gasteiger partial charge in [-0.1, -0.05) is 18.5 Å². The quantitative estimate of drug-likeness (QED) is 0.875. The van der Waals surface area contributed by atoms with Crippen molar-refractivity contribution in [1.82, 2.24) is 4.98 Å². The molecule has 1 aromatic carbocycles. The van der Waals surface area contributed by atoms with Gasteiger partial charge in [0.05, 0.1) is 23.0 Å². The number of rotatable bonds is 5. The van der Waals surface area contributed by atoms with Crippen LogP contribution in [0.15, 0.2) is 30.3 Å². The summed E-state index contributed by atoms with van der Waals surface area (Å²) in [4.78, 5) is 4.26. The van der Waals surface area contributed by atoms with Crippen LogP contribution in [-0.2, 0) is 0 Å². The summed E-state index contributed by atoms with van der Waals surface area (Å²) in [5.41, 5.74) is 6.81. The Morgan fingerprint density at radius 2 is 2.15 bits per heavy atom. The van der Waals surface area contributed by atoms with E-state index in [1.54, 1.807) is 18.2 Å². The molecule has 6 heteroatoms. The molecule has 0 fully saturated rings. The van der Waals surface area contributed by atoms with E-state index in [4.69, 9.17) is 22.1 Å². The number of nitrogens with one attached hydrogen (secondary N) is 1. The van der Waals surface area contributed by atoms with Crippen LogP contribution in [0.5, 0.6) is 5.88 Å². The molecule has 106 valence electrons. The van der Waals surface area contributed by atoms with E-state index >= 15 is 0 Å². The lowest BCUT2D eigenvalue weighted by molar-refractivity contribution is 0.307. The first-order valence-electron chi connectivity index (χ1n) is 6.21. The highest BCUT2D eigenvalue weighted by Gasteiger charge is 2.07. The molecule has 20 heavy (non-hydrogen) atoms. The van der Waals surface area contributed by atoms with Crippen molar-refractivity contribution < 1.29 is 9.13 Å². The minimum Gasteiger partial charge on any atom is -0.476 e. The summed E-state index contributed by atoms with van der Waals surface area (Å²) < 4.78 is 18.4. The Labute approximate surface area is 121 Å². The van der Waals surface area contributed by atoms with Crippen LogP contribution in [0.25, 0.3) is 0 Å². The van der Waals surface area contributed by atoms with Gasteiger partial charge in [-0.15, -0.1) is 0 Å². The summed E-state index contributed by atoms with van der Waals surface area (Å²) >= 11 is 5.95. The highest BCUT2D eigenvalue weighted by atomic mass is 35.5. The summed E-state index contributed by atoms with van der Waals surface area (Å²) in [7, 11) is 0. The minimum atomic E-state index is -0.391.